The molecule has 0 aliphatic carbocycles. The predicted octanol–water partition coefficient (Wildman–Crippen LogP) is 25.7. The summed E-state index contributed by atoms with van der Waals surface area (Å²) in [6.07, 6.45) is 25.5. The van der Waals surface area contributed by atoms with Gasteiger partial charge in [0.2, 0.25) is 0 Å². The van der Waals surface area contributed by atoms with Crippen molar-refractivity contribution in [2.75, 3.05) is 46.8 Å². The topological polar surface area (TPSA) is 133 Å². The molecule has 0 saturated carbocycles. The number of phenols is 2. The first-order chi connectivity index (χ1) is 51.5. The summed E-state index contributed by atoms with van der Waals surface area (Å²) in [5, 5.41) is 26.6. The number of benzene rings is 6. The molecular weight excluding hydrogens is 1340 g/mol. The minimum atomic E-state index is -0.776. The van der Waals surface area contributed by atoms with Crippen molar-refractivity contribution in [3.63, 3.8) is 0 Å². The smallest absolute Gasteiger partial charge is 0.307 e. The van der Waals surface area contributed by atoms with Crippen molar-refractivity contribution in [3.8, 4) is 23.0 Å². The number of phenolic OH excluding ortho intramolecular Hbond substituents is 2. The van der Waals surface area contributed by atoms with Crippen molar-refractivity contribution >= 4 is 5.97 Å². The van der Waals surface area contributed by atoms with E-state index in [9.17, 15) is 9.18 Å². The monoisotopic (exact) mass is 1500 g/mol. The van der Waals surface area contributed by atoms with Gasteiger partial charge in [-0.1, -0.05) is 222 Å². The summed E-state index contributed by atoms with van der Waals surface area (Å²) < 4.78 is 45.2. The molecule has 4 aliphatic rings. The van der Waals surface area contributed by atoms with Gasteiger partial charge in [-0.3, -0.25) is 4.79 Å². The molecule has 6 aromatic rings. The fraction of sp³-hybridized carbons (Fsp3) is 0.619. The molecule has 0 unspecified atom stereocenters. The summed E-state index contributed by atoms with van der Waals surface area (Å²) in [7, 11) is 1.70. The van der Waals surface area contributed by atoms with Gasteiger partial charge in [-0.05, 0) is 281 Å². The van der Waals surface area contributed by atoms with E-state index in [1.807, 2.05) is 66.7 Å². The van der Waals surface area contributed by atoms with Crippen LogP contribution in [0.25, 0.3) is 0 Å². The standard InChI is InChI=1S/C18H22O.C12H16O2.C12H18O.C11H15FO.C11H16O.C9H18O.3C8H16O/c1-15(2)8-9-16-10-12-18(13-11-16)19-14-17-6-4-3-5-7-17;1-9(2)7-10-3-5-11(6-4-10)8-12(13)14;1-10(2)4-5-11-6-8-12(13-3)9-7-11;1-8(2)3-4-9-5-6-11(13)10(12)7-9;1-9(2)3-4-10-5-7-11(12)8-6-10;1-8(2)7-9-3-5-10-6-4-9;1-7(2)8-3-5-9-6-4-8;2*1-7(2)6-8-4-3-5-9-8/h3-7,10-13,15H,8-9,14H2,1-2H3;3-6,9H,7-8H2,1-2H3,(H,13,14);6-10H,4-5H2,1-3H3;5-8,13H,3-4H2,1-2H3;5-9,12H,3-4H2,1-2H3;8-9H,3-7H2,1-2H3;3*7-8H,3-6H2,1-2H3/t;;;;;;;2*8-/m.......10/s1. The number of hydrogen-bond acceptors (Lipinski definition) is 9. The number of rotatable bonds is 27. The zero-order valence-corrected chi connectivity index (χ0v) is 71.2. The van der Waals surface area contributed by atoms with Crippen LogP contribution in [0, 0.1) is 70.9 Å². The predicted molar refractivity (Wildman–Crippen MR) is 454 cm³/mol. The molecule has 10 nitrogen and oxygen atoms in total. The highest BCUT2D eigenvalue weighted by Gasteiger charge is 2.19. The lowest BCUT2D eigenvalue weighted by Gasteiger charge is -2.24. The van der Waals surface area contributed by atoms with Gasteiger partial charge in [-0.2, -0.15) is 0 Å². The fourth-order valence-corrected chi connectivity index (χ4v) is 12.7. The van der Waals surface area contributed by atoms with Crippen molar-refractivity contribution in [1.82, 2.24) is 0 Å². The van der Waals surface area contributed by atoms with Crippen LogP contribution >= 0.6 is 0 Å². The Hall–Kier alpha value is -6.24. The Morgan fingerprint density at radius 2 is 0.824 bits per heavy atom. The van der Waals surface area contributed by atoms with Crippen LogP contribution < -0.4 is 9.47 Å². The molecule has 11 heteroatoms. The highest BCUT2D eigenvalue weighted by Crippen LogP contribution is 2.26. The first-order valence-electron chi connectivity index (χ1n) is 41.8. The molecule has 4 heterocycles. The van der Waals surface area contributed by atoms with Gasteiger partial charge in [-0.15, -0.1) is 0 Å². The molecule has 2 atom stereocenters. The van der Waals surface area contributed by atoms with E-state index in [1.54, 1.807) is 25.3 Å². The maximum absolute atomic E-state index is 12.9. The molecule has 0 bridgehead atoms. The van der Waals surface area contributed by atoms with Gasteiger partial charge >= 0.3 is 5.97 Å². The minimum Gasteiger partial charge on any atom is -0.508 e. The molecule has 10 rings (SSSR count). The largest absolute Gasteiger partial charge is 0.508 e. The summed E-state index contributed by atoms with van der Waals surface area (Å²) in [6.45, 7) is 46.9. The van der Waals surface area contributed by atoms with Crippen molar-refractivity contribution in [2.45, 2.75) is 278 Å². The van der Waals surface area contributed by atoms with E-state index in [0.29, 0.717) is 36.4 Å². The van der Waals surface area contributed by atoms with Gasteiger partial charge in [0.1, 0.15) is 23.9 Å². The number of aromatic hydroxyl groups is 2. The summed E-state index contributed by atoms with van der Waals surface area (Å²) in [4.78, 5) is 10.4. The van der Waals surface area contributed by atoms with E-state index in [2.05, 4.69) is 173 Å². The second kappa shape index (κ2) is 59.6. The molecule has 0 spiro atoms. The number of ether oxygens (including phenoxy) is 6. The van der Waals surface area contributed by atoms with E-state index in [4.69, 9.17) is 43.7 Å². The van der Waals surface area contributed by atoms with Gasteiger partial charge in [-0.25, -0.2) is 4.39 Å². The molecule has 608 valence electrons. The van der Waals surface area contributed by atoms with Crippen molar-refractivity contribution < 1.29 is 52.9 Å². The molecule has 6 aromatic carbocycles. The Morgan fingerprint density at radius 3 is 1.19 bits per heavy atom. The first-order valence-corrected chi connectivity index (χ1v) is 41.8. The second-order valence-electron chi connectivity index (χ2n) is 33.8. The molecule has 108 heavy (non-hydrogen) atoms. The quantitative estimate of drug-likeness (QED) is 0.0458. The molecular formula is C97H153FO10. The molecule has 0 aromatic heterocycles. The van der Waals surface area contributed by atoms with E-state index in [1.165, 1.54) is 136 Å². The number of aryl methyl sites for hydroxylation is 4. The van der Waals surface area contributed by atoms with Gasteiger partial charge in [0.25, 0.3) is 0 Å². The van der Waals surface area contributed by atoms with Crippen LogP contribution in [0.1, 0.15) is 260 Å². The third-order valence-corrected chi connectivity index (χ3v) is 19.2. The Balaban J connectivity index is 0.000000417. The highest BCUT2D eigenvalue weighted by molar-refractivity contribution is 5.70. The summed E-state index contributed by atoms with van der Waals surface area (Å²) >= 11 is 0. The Kier molecular flexibility index (Phi) is 54.0. The zero-order chi connectivity index (χ0) is 80.0. The Labute approximate surface area is 658 Å². The van der Waals surface area contributed by atoms with Crippen LogP contribution in [0.4, 0.5) is 4.39 Å². The minimum absolute atomic E-state index is 0.113. The maximum Gasteiger partial charge on any atom is 0.307 e. The average Bonchev–Trinajstić information content (AvgIpc) is 1.16. The van der Waals surface area contributed by atoms with E-state index < -0.39 is 11.8 Å². The van der Waals surface area contributed by atoms with Crippen molar-refractivity contribution in [1.29, 1.82) is 0 Å². The van der Waals surface area contributed by atoms with E-state index >= 15 is 0 Å². The number of halogens is 1. The third kappa shape index (κ3) is 52.8. The van der Waals surface area contributed by atoms with E-state index in [0.717, 1.165) is 148 Å². The van der Waals surface area contributed by atoms with Gasteiger partial charge in [0.05, 0.1) is 25.7 Å². The third-order valence-electron chi connectivity index (χ3n) is 19.2. The lowest BCUT2D eigenvalue weighted by atomic mass is 9.89. The highest BCUT2D eigenvalue weighted by atomic mass is 19.1. The van der Waals surface area contributed by atoms with Gasteiger partial charge < -0.3 is 43.7 Å². The molecule has 0 amide bonds. The summed E-state index contributed by atoms with van der Waals surface area (Å²) in [5.41, 5.74) is 8.38. The van der Waals surface area contributed by atoms with Crippen LogP contribution in [0.3, 0.4) is 0 Å². The van der Waals surface area contributed by atoms with Gasteiger partial charge in [0, 0.05) is 39.6 Å². The number of carboxylic acids is 1. The SMILES string of the molecule is CC(C)C1CCOCC1.CC(C)CC1CCOCC1.CC(C)CCc1ccc(O)c(F)c1.CC(C)CCc1ccc(O)cc1.CC(C)CCc1ccc(OCc2ccccc2)cc1.CC(C)C[C@@H]1CCCO1.CC(C)C[C@H]1CCCO1.CC(C)Cc1ccc(CC(=O)O)cc1.COc1ccc(CCC(C)C)cc1. The fourth-order valence-electron chi connectivity index (χ4n) is 12.7. The van der Waals surface area contributed by atoms with Crippen molar-refractivity contribution in [3.05, 3.63) is 190 Å². The molecule has 4 fully saturated rings. The van der Waals surface area contributed by atoms with Crippen LogP contribution in [0.15, 0.2) is 146 Å². The number of methoxy groups -OCH3 is 1. The van der Waals surface area contributed by atoms with E-state index in [-0.39, 0.29) is 12.2 Å². The number of aliphatic carboxylic acids is 1. The lowest BCUT2D eigenvalue weighted by Crippen LogP contribution is -2.19. The van der Waals surface area contributed by atoms with Crippen LogP contribution in [0.5, 0.6) is 23.0 Å². The zero-order valence-electron chi connectivity index (χ0n) is 71.2. The number of carboxylic acid groups (broad SMARTS) is 1. The number of hydrogen-bond donors (Lipinski definition) is 3. The van der Waals surface area contributed by atoms with Gasteiger partial charge in [0.15, 0.2) is 11.6 Å². The maximum atomic E-state index is 12.9. The molecule has 4 aliphatic heterocycles. The molecule has 3 N–H and O–H groups in total. The Bertz CT molecular complexity index is 3040. The van der Waals surface area contributed by atoms with Crippen LogP contribution in [0.2, 0.25) is 0 Å². The number of carbonyl (C=O) groups is 1. The first kappa shape index (κ1) is 97.8. The van der Waals surface area contributed by atoms with Crippen molar-refractivity contribution in [2.24, 2.45) is 65.1 Å². The average molecular weight is 1500 g/mol. The van der Waals surface area contributed by atoms with Crippen LogP contribution in [-0.2, 0) is 68.9 Å². The lowest BCUT2D eigenvalue weighted by molar-refractivity contribution is -0.136. The normalized spacial score (nSPS) is 15.5. The second-order valence-corrected chi connectivity index (χ2v) is 33.8. The Morgan fingerprint density at radius 1 is 0.426 bits per heavy atom. The van der Waals surface area contributed by atoms with Crippen LogP contribution in [-0.4, -0.2) is 80.2 Å². The summed E-state index contributed by atoms with van der Waals surface area (Å²) in [6, 6.07) is 46.9. The summed E-state index contributed by atoms with van der Waals surface area (Å²) in [5.74, 6) is 9.41. The molecule has 0 radical (unpaired) electrons. The molecule has 4 saturated heterocycles.